The van der Waals surface area contributed by atoms with E-state index in [1.807, 2.05) is 0 Å². The van der Waals surface area contributed by atoms with Crippen LogP contribution in [0.15, 0.2) is 18.2 Å². The van der Waals surface area contributed by atoms with Crippen LogP contribution in [0, 0.1) is 5.41 Å². The van der Waals surface area contributed by atoms with E-state index in [1.165, 1.54) is 50.5 Å². The van der Waals surface area contributed by atoms with E-state index in [0.29, 0.717) is 18.6 Å². The largest absolute Gasteiger partial charge is 0.486 e. The van der Waals surface area contributed by atoms with Crippen molar-refractivity contribution < 1.29 is 9.47 Å². The first-order valence-electron chi connectivity index (χ1n) is 8.40. The Balaban J connectivity index is 1.65. The first kappa shape index (κ1) is 14.7. The Hall–Kier alpha value is -1.22. The molecule has 1 heterocycles. The number of nitrogens with two attached hydrogens (primary N) is 1. The highest BCUT2D eigenvalue weighted by molar-refractivity contribution is 5.43. The van der Waals surface area contributed by atoms with Gasteiger partial charge in [0.05, 0.1) is 0 Å². The van der Waals surface area contributed by atoms with Gasteiger partial charge in [0.2, 0.25) is 0 Å². The van der Waals surface area contributed by atoms with Crippen molar-refractivity contribution in [3.05, 3.63) is 23.8 Å². The lowest BCUT2D eigenvalue weighted by Crippen LogP contribution is -2.28. The smallest absolute Gasteiger partial charge is 0.161 e. The molecule has 0 amide bonds. The van der Waals surface area contributed by atoms with Gasteiger partial charge in [0.1, 0.15) is 13.2 Å². The van der Waals surface area contributed by atoms with Crippen molar-refractivity contribution in [3.8, 4) is 11.5 Å². The minimum Gasteiger partial charge on any atom is -0.486 e. The first-order chi connectivity index (χ1) is 10.3. The average molecular weight is 289 g/mol. The summed E-state index contributed by atoms with van der Waals surface area (Å²) < 4.78 is 11.3. The topological polar surface area (TPSA) is 44.5 Å². The quantitative estimate of drug-likeness (QED) is 0.899. The van der Waals surface area contributed by atoms with Gasteiger partial charge in [0.15, 0.2) is 11.5 Å². The number of aryl methyl sites for hydroxylation is 1. The zero-order valence-electron chi connectivity index (χ0n) is 12.9. The fourth-order valence-electron chi connectivity index (χ4n) is 3.89. The molecule has 0 atom stereocenters. The van der Waals surface area contributed by atoms with Gasteiger partial charge in [-0.25, -0.2) is 0 Å². The van der Waals surface area contributed by atoms with Crippen LogP contribution in [-0.2, 0) is 6.42 Å². The average Bonchev–Trinajstić information content (AvgIpc) is 2.54. The van der Waals surface area contributed by atoms with Gasteiger partial charge < -0.3 is 15.2 Å². The van der Waals surface area contributed by atoms with E-state index >= 15 is 0 Å². The van der Waals surface area contributed by atoms with Crippen LogP contribution in [0.2, 0.25) is 0 Å². The second-order valence-corrected chi connectivity index (χ2v) is 6.58. The number of hydrogen-bond acceptors (Lipinski definition) is 3. The summed E-state index contributed by atoms with van der Waals surface area (Å²) >= 11 is 0. The molecular formula is C18H27NO2. The van der Waals surface area contributed by atoms with Gasteiger partial charge >= 0.3 is 0 Å². The van der Waals surface area contributed by atoms with Gasteiger partial charge in [-0.2, -0.15) is 0 Å². The highest BCUT2D eigenvalue weighted by Gasteiger charge is 2.30. The molecule has 0 aromatic heterocycles. The highest BCUT2D eigenvalue weighted by Crippen LogP contribution is 2.43. The van der Waals surface area contributed by atoms with E-state index in [2.05, 4.69) is 18.2 Å². The Morgan fingerprint density at radius 2 is 1.71 bits per heavy atom. The van der Waals surface area contributed by atoms with E-state index in [-0.39, 0.29) is 0 Å². The van der Waals surface area contributed by atoms with Crippen molar-refractivity contribution >= 4 is 0 Å². The Labute approximate surface area is 127 Å². The van der Waals surface area contributed by atoms with Crippen LogP contribution in [-0.4, -0.2) is 19.8 Å². The molecule has 1 aromatic rings. The highest BCUT2D eigenvalue weighted by atomic mass is 16.6. The van der Waals surface area contributed by atoms with Gasteiger partial charge in [-0.1, -0.05) is 25.3 Å². The summed E-state index contributed by atoms with van der Waals surface area (Å²) in [6, 6.07) is 6.40. The Morgan fingerprint density at radius 1 is 0.952 bits per heavy atom. The summed E-state index contributed by atoms with van der Waals surface area (Å²) in [6.45, 7) is 2.14. The van der Waals surface area contributed by atoms with E-state index in [9.17, 15) is 0 Å². The van der Waals surface area contributed by atoms with Crippen molar-refractivity contribution in [1.29, 1.82) is 0 Å². The summed E-state index contributed by atoms with van der Waals surface area (Å²) in [5.41, 5.74) is 7.72. The van der Waals surface area contributed by atoms with Crippen molar-refractivity contribution in [1.82, 2.24) is 0 Å². The molecule has 2 N–H and O–H groups in total. The zero-order chi connectivity index (χ0) is 14.5. The molecule has 0 radical (unpaired) electrons. The second-order valence-electron chi connectivity index (χ2n) is 6.58. The molecule has 3 nitrogen and oxygen atoms in total. The van der Waals surface area contributed by atoms with E-state index < -0.39 is 0 Å². The fourth-order valence-corrected chi connectivity index (χ4v) is 3.89. The Bertz CT molecular complexity index is 461. The number of ether oxygens (including phenoxy) is 2. The SMILES string of the molecule is NCCC1(CCc2ccc3c(c2)OCCO3)CCCCC1. The fraction of sp³-hybridized carbons (Fsp3) is 0.667. The molecule has 0 unspecified atom stereocenters. The molecule has 3 rings (SSSR count). The second kappa shape index (κ2) is 6.69. The first-order valence-corrected chi connectivity index (χ1v) is 8.40. The number of benzene rings is 1. The minimum absolute atomic E-state index is 0.486. The van der Waals surface area contributed by atoms with Crippen LogP contribution in [0.25, 0.3) is 0 Å². The van der Waals surface area contributed by atoms with Crippen molar-refractivity contribution in [3.63, 3.8) is 0 Å². The summed E-state index contributed by atoms with van der Waals surface area (Å²) in [7, 11) is 0. The molecule has 116 valence electrons. The third-order valence-electron chi connectivity index (χ3n) is 5.14. The van der Waals surface area contributed by atoms with Gasteiger partial charge in [0.25, 0.3) is 0 Å². The summed E-state index contributed by atoms with van der Waals surface area (Å²) in [4.78, 5) is 0. The molecule has 3 heteroatoms. The monoisotopic (exact) mass is 289 g/mol. The van der Waals surface area contributed by atoms with Crippen molar-refractivity contribution in [2.75, 3.05) is 19.8 Å². The van der Waals surface area contributed by atoms with Gasteiger partial charge in [0, 0.05) is 0 Å². The van der Waals surface area contributed by atoms with Crippen LogP contribution in [0.3, 0.4) is 0 Å². The van der Waals surface area contributed by atoms with Crippen LogP contribution >= 0.6 is 0 Å². The molecule has 1 aromatic carbocycles. The standard InChI is InChI=1S/C18H27NO2/c19-11-10-18(7-2-1-3-8-18)9-6-15-4-5-16-17(14-15)21-13-12-20-16/h4-5,14H,1-3,6-13,19H2. The van der Waals surface area contributed by atoms with Crippen LogP contribution < -0.4 is 15.2 Å². The molecule has 1 aliphatic heterocycles. The maximum absolute atomic E-state index is 5.87. The van der Waals surface area contributed by atoms with Crippen molar-refractivity contribution in [2.24, 2.45) is 11.1 Å². The predicted octanol–water partition coefficient (Wildman–Crippen LogP) is 3.69. The van der Waals surface area contributed by atoms with Gasteiger partial charge in [-0.3, -0.25) is 0 Å². The van der Waals surface area contributed by atoms with E-state index in [1.54, 1.807) is 0 Å². The molecule has 1 fully saturated rings. The minimum atomic E-state index is 0.486. The third kappa shape index (κ3) is 3.52. The molecule has 0 spiro atoms. The Kier molecular flexibility index (Phi) is 4.69. The maximum Gasteiger partial charge on any atom is 0.161 e. The number of hydrogen-bond donors (Lipinski definition) is 1. The zero-order valence-corrected chi connectivity index (χ0v) is 12.9. The Morgan fingerprint density at radius 3 is 2.48 bits per heavy atom. The van der Waals surface area contributed by atoms with Crippen LogP contribution in [0.4, 0.5) is 0 Å². The molecular weight excluding hydrogens is 262 g/mol. The van der Waals surface area contributed by atoms with Crippen LogP contribution in [0.5, 0.6) is 11.5 Å². The van der Waals surface area contributed by atoms with E-state index in [4.69, 9.17) is 15.2 Å². The third-order valence-corrected chi connectivity index (χ3v) is 5.14. The predicted molar refractivity (Wildman–Crippen MR) is 84.9 cm³/mol. The van der Waals surface area contributed by atoms with Crippen LogP contribution in [0.1, 0.15) is 50.5 Å². The lowest BCUT2D eigenvalue weighted by Gasteiger charge is -2.37. The molecule has 0 bridgehead atoms. The number of rotatable bonds is 5. The lowest BCUT2D eigenvalue weighted by atomic mass is 9.68. The van der Waals surface area contributed by atoms with Gasteiger partial charge in [-0.05, 0) is 61.8 Å². The summed E-state index contributed by atoms with van der Waals surface area (Å²) in [5, 5.41) is 0. The van der Waals surface area contributed by atoms with E-state index in [0.717, 1.165) is 24.5 Å². The number of fused-ring (bicyclic) bond motifs is 1. The lowest BCUT2D eigenvalue weighted by molar-refractivity contribution is 0.160. The van der Waals surface area contributed by atoms with Crippen molar-refractivity contribution in [2.45, 2.75) is 51.4 Å². The van der Waals surface area contributed by atoms with Gasteiger partial charge in [-0.15, -0.1) is 0 Å². The maximum atomic E-state index is 5.87. The molecule has 1 saturated carbocycles. The molecule has 1 aliphatic carbocycles. The normalized spacial score (nSPS) is 20.2. The summed E-state index contributed by atoms with van der Waals surface area (Å²) in [6.07, 6.45) is 10.4. The molecule has 21 heavy (non-hydrogen) atoms. The molecule has 0 saturated heterocycles. The summed E-state index contributed by atoms with van der Waals surface area (Å²) in [5.74, 6) is 1.80. The molecule has 2 aliphatic rings.